The van der Waals surface area contributed by atoms with Crippen molar-refractivity contribution in [1.29, 1.82) is 0 Å². The van der Waals surface area contributed by atoms with E-state index >= 15 is 0 Å². The fraction of sp³-hybridized carbons (Fsp3) is 0.176. The summed E-state index contributed by atoms with van der Waals surface area (Å²) in [6.07, 6.45) is -0.922. The Bertz CT molecular complexity index is 736. The van der Waals surface area contributed by atoms with Gasteiger partial charge >= 0.3 is 0 Å². The molecule has 2 N–H and O–H groups in total. The molecule has 1 atom stereocenters. The fourth-order valence-corrected chi connectivity index (χ4v) is 2.59. The molecule has 0 aromatic heterocycles. The number of carbonyl (C=O) groups is 1. The molecule has 2 rings (SSSR count). The molecule has 0 saturated carbocycles. The highest BCUT2D eigenvalue weighted by Gasteiger charge is 2.34. The molecule has 2 aromatic carbocycles. The number of rotatable bonds is 5. The topological polar surface area (TPSA) is 41.1 Å². The van der Waals surface area contributed by atoms with E-state index < -0.39 is 9.96 Å². The van der Waals surface area contributed by atoms with Crippen LogP contribution in [-0.4, -0.2) is 20.9 Å². The zero-order valence-corrected chi connectivity index (χ0v) is 15.9. The first-order valence-corrected chi connectivity index (χ1v) is 8.76. The van der Waals surface area contributed by atoms with Crippen LogP contribution >= 0.6 is 47.0 Å². The standard InChI is InChI=1S/C17H14Cl3FN2OS/c18-17(19,20)16(22-14(24)10-11-4-2-1-3-5-11)23-15(25)12-6-8-13(21)9-7-12/h1-9,16H,10H2,(H,22,24)(H,23,25). The van der Waals surface area contributed by atoms with Crippen molar-refractivity contribution in [3.05, 3.63) is 71.5 Å². The van der Waals surface area contributed by atoms with E-state index in [1.807, 2.05) is 30.3 Å². The van der Waals surface area contributed by atoms with Gasteiger partial charge in [0, 0.05) is 5.56 Å². The van der Waals surface area contributed by atoms with Crippen molar-refractivity contribution in [2.45, 2.75) is 16.4 Å². The lowest BCUT2D eigenvalue weighted by Gasteiger charge is -2.27. The summed E-state index contributed by atoms with van der Waals surface area (Å²) < 4.78 is 11.2. The Labute approximate surface area is 165 Å². The third-order valence-electron chi connectivity index (χ3n) is 3.22. The van der Waals surface area contributed by atoms with Gasteiger partial charge in [-0.05, 0) is 29.8 Å². The quantitative estimate of drug-likeness (QED) is 0.435. The van der Waals surface area contributed by atoms with Crippen LogP contribution < -0.4 is 10.6 Å². The van der Waals surface area contributed by atoms with Crippen molar-refractivity contribution in [2.75, 3.05) is 0 Å². The smallest absolute Gasteiger partial charge is 0.228 e. The maximum absolute atomic E-state index is 13.0. The molecule has 0 saturated heterocycles. The Morgan fingerprint density at radius 2 is 1.64 bits per heavy atom. The second kappa shape index (κ2) is 8.81. The molecule has 0 spiro atoms. The Hall–Kier alpha value is -1.40. The third-order valence-corrected chi connectivity index (χ3v) is 4.23. The number of nitrogens with one attached hydrogen (secondary N) is 2. The number of benzene rings is 2. The lowest BCUT2D eigenvalue weighted by atomic mass is 10.1. The number of amides is 1. The van der Waals surface area contributed by atoms with Crippen molar-refractivity contribution in [1.82, 2.24) is 10.6 Å². The number of thiocarbonyl (C=S) groups is 1. The van der Waals surface area contributed by atoms with Gasteiger partial charge in [0.1, 0.15) is 17.0 Å². The van der Waals surface area contributed by atoms with Crippen LogP contribution in [0.25, 0.3) is 0 Å². The van der Waals surface area contributed by atoms with Gasteiger partial charge in [-0.15, -0.1) is 0 Å². The van der Waals surface area contributed by atoms with E-state index in [9.17, 15) is 9.18 Å². The second-order valence-corrected chi connectivity index (χ2v) is 7.96. The van der Waals surface area contributed by atoms with Crippen LogP contribution in [-0.2, 0) is 11.2 Å². The van der Waals surface area contributed by atoms with E-state index in [-0.39, 0.29) is 23.1 Å². The maximum Gasteiger partial charge on any atom is 0.228 e. The Morgan fingerprint density at radius 1 is 1.04 bits per heavy atom. The third kappa shape index (κ3) is 6.44. The van der Waals surface area contributed by atoms with Gasteiger partial charge in [-0.3, -0.25) is 4.79 Å². The molecular formula is C17H14Cl3FN2OS. The molecule has 0 bridgehead atoms. The number of carbonyl (C=O) groups excluding carboxylic acids is 1. The first-order chi connectivity index (χ1) is 11.8. The van der Waals surface area contributed by atoms with E-state index in [2.05, 4.69) is 10.6 Å². The predicted molar refractivity (Wildman–Crippen MR) is 104 cm³/mol. The molecule has 0 aliphatic heterocycles. The van der Waals surface area contributed by atoms with Gasteiger partial charge < -0.3 is 10.6 Å². The monoisotopic (exact) mass is 418 g/mol. The number of hydrogen-bond donors (Lipinski definition) is 2. The molecule has 2 aromatic rings. The highest BCUT2D eigenvalue weighted by molar-refractivity contribution is 7.80. The van der Waals surface area contributed by atoms with Crippen LogP contribution in [0, 0.1) is 5.82 Å². The zero-order valence-electron chi connectivity index (χ0n) is 12.8. The van der Waals surface area contributed by atoms with Gasteiger partial charge in [0.05, 0.1) is 6.42 Å². The van der Waals surface area contributed by atoms with E-state index in [1.54, 1.807) is 0 Å². The van der Waals surface area contributed by atoms with Crippen molar-refractivity contribution in [3.63, 3.8) is 0 Å². The summed E-state index contributed by atoms with van der Waals surface area (Å²) in [4.78, 5) is 12.4. The van der Waals surface area contributed by atoms with Gasteiger partial charge in [0.15, 0.2) is 0 Å². The molecule has 1 unspecified atom stereocenters. The van der Waals surface area contributed by atoms with Crippen LogP contribution in [0.2, 0.25) is 0 Å². The average molecular weight is 420 g/mol. The van der Waals surface area contributed by atoms with Crippen molar-refractivity contribution < 1.29 is 9.18 Å². The molecule has 0 aliphatic carbocycles. The first-order valence-electron chi connectivity index (χ1n) is 7.22. The molecule has 1 amide bonds. The van der Waals surface area contributed by atoms with Crippen LogP contribution in [0.1, 0.15) is 11.1 Å². The molecule has 0 heterocycles. The fourth-order valence-electron chi connectivity index (χ4n) is 2.01. The van der Waals surface area contributed by atoms with Gasteiger partial charge in [-0.2, -0.15) is 0 Å². The molecule has 0 aliphatic rings. The minimum Gasteiger partial charge on any atom is -0.352 e. The summed E-state index contributed by atoms with van der Waals surface area (Å²) in [7, 11) is 0. The summed E-state index contributed by atoms with van der Waals surface area (Å²) >= 11 is 23.0. The Balaban J connectivity index is 2.04. The van der Waals surface area contributed by atoms with Crippen LogP contribution in [0.3, 0.4) is 0 Å². The molecule has 8 heteroatoms. The lowest BCUT2D eigenvalue weighted by Crippen LogP contribution is -2.55. The van der Waals surface area contributed by atoms with Crippen LogP contribution in [0.4, 0.5) is 4.39 Å². The van der Waals surface area contributed by atoms with Crippen molar-refractivity contribution >= 4 is 57.9 Å². The maximum atomic E-state index is 13.0. The summed E-state index contributed by atoms with van der Waals surface area (Å²) in [5.74, 6) is -0.724. The lowest BCUT2D eigenvalue weighted by molar-refractivity contribution is -0.121. The summed E-state index contributed by atoms with van der Waals surface area (Å²) in [5, 5.41) is 5.40. The molecular weight excluding hydrogens is 406 g/mol. The number of alkyl halides is 3. The van der Waals surface area contributed by atoms with Gasteiger partial charge in [0.25, 0.3) is 0 Å². The van der Waals surface area contributed by atoms with Crippen LogP contribution in [0.5, 0.6) is 0 Å². The summed E-state index contributed by atoms with van der Waals surface area (Å²) in [6, 6.07) is 14.7. The molecule has 25 heavy (non-hydrogen) atoms. The molecule has 132 valence electrons. The van der Waals surface area contributed by atoms with Gasteiger partial charge in [0.2, 0.25) is 9.70 Å². The minimum atomic E-state index is -1.84. The van der Waals surface area contributed by atoms with Crippen LogP contribution in [0.15, 0.2) is 54.6 Å². The molecule has 0 fully saturated rings. The largest absolute Gasteiger partial charge is 0.352 e. The second-order valence-electron chi connectivity index (χ2n) is 5.18. The zero-order chi connectivity index (χ0) is 18.4. The highest BCUT2D eigenvalue weighted by atomic mass is 35.6. The number of hydrogen-bond acceptors (Lipinski definition) is 2. The minimum absolute atomic E-state index is 0.128. The van der Waals surface area contributed by atoms with E-state index in [1.165, 1.54) is 24.3 Å². The molecule has 0 radical (unpaired) electrons. The molecule has 3 nitrogen and oxygen atoms in total. The Kier molecular flexibility index (Phi) is 7.02. The van der Waals surface area contributed by atoms with Gasteiger partial charge in [-0.25, -0.2) is 4.39 Å². The average Bonchev–Trinajstić information content (AvgIpc) is 2.54. The Morgan fingerprint density at radius 3 is 2.20 bits per heavy atom. The van der Waals surface area contributed by atoms with E-state index in [0.717, 1.165) is 5.56 Å². The predicted octanol–water partition coefficient (Wildman–Crippen LogP) is 4.15. The SMILES string of the molecule is O=C(Cc1ccccc1)NC(NC(=S)c1ccc(F)cc1)C(Cl)(Cl)Cl. The summed E-state index contributed by atoms with van der Waals surface area (Å²) in [6.45, 7) is 0. The van der Waals surface area contributed by atoms with E-state index in [0.29, 0.717) is 5.56 Å². The van der Waals surface area contributed by atoms with Crippen molar-refractivity contribution in [3.8, 4) is 0 Å². The highest BCUT2D eigenvalue weighted by Crippen LogP contribution is 2.29. The van der Waals surface area contributed by atoms with Crippen molar-refractivity contribution in [2.24, 2.45) is 0 Å². The number of halogens is 4. The summed E-state index contributed by atoms with van der Waals surface area (Å²) in [5.41, 5.74) is 1.36. The first kappa shape index (κ1) is 19.9. The van der Waals surface area contributed by atoms with E-state index in [4.69, 9.17) is 47.0 Å². The normalized spacial score (nSPS) is 12.3. The van der Waals surface area contributed by atoms with Gasteiger partial charge in [-0.1, -0.05) is 77.4 Å².